The lowest BCUT2D eigenvalue weighted by atomic mass is 10.1. The standard InChI is InChI=1S/C28H30N2O5/c1-18-8-5-11-22(14-18)17-34-24-13-7-12-23(15-24)28(33)35-21(4)27(32)29-16-25(31)30-26-19(2)9-6-10-20(26)3/h5-15,21H,16-17H2,1-4H3,(H,29,32)(H,30,31). The molecule has 1 unspecified atom stereocenters. The largest absolute Gasteiger partial charge is 0.489 e. The van der Waals surface area contributed by atoms with Crippen molar-refractivity contribution in [2.75, 3.05) is 11.9 Å². The first-order valence-corrected chi connectivity index (χ1v) is 11.4. The molecule has 0 heterocycles. The molecule has 35 heavy (non-hydrogen) atoms. The topological polar surface area (TPSA) is 93.7 Å². The van der Waals surface area contributed by atoms with E-state index in [4.69, 9.17) is 9.47 Å². The lowest BCUT2D eigenvalue weighted by molar-refractivity contribution is -0.130. The summed E-state index contributed by atoms with van der Waals surface area (Å²) in [5.74, 6) is -1.08. The average Bonchev–Trinajstić information content (AvgIpc) is 2.83. The van der Waals surface area contributed by atoms with Gasteiger partial charge >= 0.3 is 5.97 Å². The monoisotopic (exact) mass is 474 g/mol. The van der Waals surface area contributed by atoms with Crippen molar-refractivity contribution in [1.29, 1.82) is 0 Å². The third-order valence-electron chi connectivity index (χ3n) is 5.38. The Hall–Kier alpha value is -4.13. The van der Waals surface area contributed by atoms with Crippen molar-refractivity contribution in [3.63, 3.8) is 0 Å². The first kappa shape index (κ1) is 25.5. The number of aryl methyl sites for hydroxylation is 3. The molecule has 7 nitrogen and oxygen atoms in total. The number of nitrogens with one attached hydrogen (secondary N) is 2. The van der Waals surface area contributed by atoms with Crippen LogP contribution in [-0.4, -0.2) is 30.4 Å². The fraction of sp³-hybridized carbons (Fsp3) is 0.250. The van der Waals surface area contributed by atoms with E-state index < -0.39 is 18.0 Å². The van der Waals surface area contributed by atoms with E-state index in [0.717, 1.165) is 27.9 Å². The van der Waals surface area contributed by atoms with Gasteiger partial charge in [0.15, 0.2) is 6.10 Å². The number of esters is 1. The van der Waals surface area contributed by atoms with Gasteiger partial charge in [0.05, 0.1) is 12.1 Å². The van der Waals surface area contributed by atoms with E-state index in [0.29, 0.717) is 12.4 Å². The molecule has 7 heteroatoms. The van der Waals surface area contributed by atoms with Crippen molar-refractivity contribution >= 4 is 23.5 Å². The molecule has 3 aromatic carbocycles. The second-order valence-corrected chi connectivity index (χ2v) is 8.39. The van der Waals surface area contributed by atoms with Gasteiger partial charge in [-0.2, -0.15) is 0 Å². The van der Waals surface area contributed by atoms with Crippen molar-refractivity contribution in [2.45, 2.75) is 40.4 Å². The Morgan fingerprint density at radius 2 is 1.57 bits per heavy atom. The van der Waals surface area contributed by atoms with Crippen LogP contribution in [0.2, 0.25) is 0 Å². The second-order valence-electron chi connectivity index (χ2n) is 8.39. The van der Waals surface area contributed by atoms with E-state index in [9.17, 15) is 14.4 Å². The van der Waals surface area contributed by atoms with Crippen LogP contribution in [0.25, 0.3) is 0 Å². The van der Waals surface area contributed by atoms with Gasteiger partial charge in [-0.05, 0) is 62.6 Å². The number of amides is 2. The van der Waals surface area contributed by atoms with Crippen molar-refractivity contribution in [1.82, 2.24) is 5.32 Å². The molecule has 2 amide bonds. The predicted molar refractivity (Wildman–Crippen MR) is 134 cm³/mol. The molecule has 3 aromatic rings. The molecule has 182 valence electrons. The van der Waals surface area contributed by atoms with Gasteiger partial charge in [0.25, 0.3) is 5.91 Å². The fourth-order valence-electron chi connectivity index (χ4n) is 3.47. The van der Waals surface area contributed by atoms with Crippen LogP contribution in [-0.2, 0) is 20.9 Å². The second kappa shape index (κ2) is 11.8. The van der Waals surface area contributed by atoms with Crippen LogP contribution in [0.3, 0.4) is 0 Å². The van der Waals surface area contributed by atoms with Crippen molar-refractivity contribution in [3.8, 4) is 5.75 Å². The van der Waals surface area contributed by atoms with Crippen LogP contribution in [0.4, 0.5) is 5.69 Å². The summed E-state index contributed by atoms with van der Waals surface area (Å²) in [5, 5.41) is 5.30. The molecule has 0 aliphatic heterocycles. The Labute approximate surface area is 205 Å². The zero-order valence-corrected chi connectivity index (χ0v) is 20.4. The highest BCUT2D eigenvalue weighted by molar-refractivity contribution is 5.97. The number of benzene rings is 3. The molecule has 0 saturated carbocycles. The smallest absolute Gasteiger partial charge is 0.339 e. The van der Waals surface area contributed by atoms with Gasteiger partial charge < -0.3 is 20.1 Å². The Morgan fingerprint density at radius 1 is 0.886 bits per heavy atom. The van der Waals surface area contributed by atoms with Crippen LogP contribution >= 0.6 is 0 Å². The van der Waals surface area contributed by atoms with Crippen LogP contribution in [0.5, 0.6) is 5.75 Å². The number of carbonyl (C=O) groups excluding carboxylic acids is 3. The van der Waals surface area contributed by atoms with Gasteiger partial charge in [-0.1, -0.05) is 54.1 Å². The maximum atomic E-state index is 12.5. The van der Waals surface area contributed by atoms with E-state index in [2.05, 4.69) is 10.6 Å². The van der Waals surface area contributed by atoms with Gasteiger partial charge in [-0.15, -0.1) is 0 Å². The molecule has 0 aromatic heterocycles. The number of hydrogen-bond acceptors (Lipinski definition) is 5. The van der Waals surface area contributed by atoms with E-state index >= 15 is 0 Å². The van der Waals surface area contributed by atoms with Gasteiger partial charge in [0.2, 0.25) is 5.91 Å². The fourth-order valence-corrected chi connectivity index (χ4v) is 3.47. The molecule has 1 atom stereocenters. The molecular weight excluding hydrogens is 444 g/mol. The maximum absolute atomic E-state index is 12.5. The highest BCUT2D eigenvalue weighted by Gasteiger charge is 2.20. The number of ether oxygens (including phenoxy) is 2. The van der Waals surface area contributed by atoms with Gasteiger partial charge in [-0.3, -0.25) is 9.59 Å². The molecule has 0 spiro atoms. The van der Waals surface area contributed by atoms with Gasteiger partial charge in [0.1, 0.15) is 12.4 Å². The number of para-hydroxylation sites is 1. The summed E-state index contributed by atoms with van der Waals surface area (Å²) in [5.41, 5.74) is 4.99. The lowest BCUT2D eigenvalue weighted by Crippen LogP contribution is -2.40. The summed E-state index contributed by atoms with van der Waals surface area (Å²) < 4.78 is 11.1. The Balaban J connectivity index is 1.49. The average molecular weight is 475 g/mol. The minimum atomic E-state index is -1.08. The van der Waals surface area contributed by atoms with Crippen molar-refractivity contribution < 1.29 is 23.9 Å². The zero-order chi connectivity index (χ0) is 25.4. The third-order valence-corrected chi connectivity index (χ3v) is 5.38. The van der Waals surface area contributed by atoms with Crippen LogP contribution in [0.1, 0.15) is 39.5 Å². The van der Waals surface area contributed by atoms with E-state index in [1.807, 2.05) is 63.2 Å². The zero-order valence-electron chi connectivity index (χ0n) is 20.4. The molecule has 0 bridgehead atoms. The Kier molecular flexibility index (Phi) is 8.62. The molecule has 0 fully saturated rings. The summed E-state index contributed by atoms with van der Waals surface area (Å²) in [6, 6.07) is 20.2. The summed E-state index contributed by atoms with van der Waals surface area (Å²) in [4.78, 5) is 37.2. The number of carbonyl (C=O) groups is 3. The third kappa shape index (κ3) is 7.43. The van der Waals surface area contributed by atoms with Crippen LogP contribution in [0, 0.1) is 20.8 Å². The number of anilines is 1. The molecular formula is C28H30N2O5. The van der Waals surface area contributed by atoms with E-state index in [1.165, 1.54) is 6.92 Å². The molecule has 0 aliphatic rings. The molecule has 0 radical (unpaired) electrons. The summed E-state index contributed by atoms with van der Waals surface area (Å²) in [6.07, 6.45) is -1.08. The Bertz CT molecular complexity index is 1200. The van der Waals surface area contributed by atoms with E-state index in [1.54, 1.807) is 24.3 Å². The van der Waals surface area contributed by atoms with Gasteiger partial charge in [-0.25, -0.2) is 4.79 Å². The quantitative estimate of drug-likeness (QED) is 0.446. The summed E-state index contributed by atoms with van der Waals surface area (Å²) in [6.45, 7) is 7.38. The van der Waals surface area contributed by atoms with E-state index in [-0.39, 0.29) is 18.0 Å². The SMILES string of the molecule is Cc1cccc(COc2cccc(C(=O)OC(C)C(=O)NCC(=O)Nc3c(C)cccc3C)c2)c1. The predicted octanol–water partition coefficient (Wildman–Crippen LogP) is 4.49. The molecule has 2 N–H and O–H groups in total. The highest BCUT2D eigenvalue weighted by Crippen LogP contribution is 2.19. The first-order chi connectivity index (χ1) is 16.7. The highest BCUT2D eigenvalue weighted by atomic mass is 16.5. The Morgan fingerprint density at radius 3 is 2.29 bits per heavy atom. The van der Waals surface area contributed by atoms with Crippen LogP contribution in [0.15, 0.2) is 66.7 Å². The summed E-state index contributed by atoms with van der Waals surface area (Å²) in [7, 11) is 0. The minimum absolute atomic E-state index is 0.239. The number of rotatable bonds is 9. The minimum Gasteiger partial charge on any atom is -0.489 e. The van der Waals surface area contributed by atoms with Crippen molar-refractivity contribution in [2.24, 2.45) is 0 Å². The molecule has 0 saturated heterocycles. The van der Waals surface area contributed by atoms with Crippen LogP contribution < -0.4 is 15.4 Å². The normalized spacial score (nSPS) is 11.3. The number of hydrogen-bond donors (Lipinski definition) is 2. The maximum Gasteiger partial charge on any atom is 0.339 e. The van der Waals surface area contributed by atoms with Gasteiger partial charge in [0, 0.05) is 5.69 Å². The lowest BCUT2D eigenvalue weighted by Gasteiger charge is -2.15. The first-order valence-electron chi connectivity index (χ1n) is 11.4. The van der Waals surface area contributed by atoms with Crippen molar-refractivity contribution in [3.05, 3.63) is 94.5 Å². The summed E-state index contributed by atoms with van der Waals surface area (Å²) >= 11 is 0. The molecule has 0 aliphatic carbocycles. The molecule has 3 rings (SSSR count).